The minimum Gasteiger partial charge on any atom is -0.483 e. The average Bonchev–Trinajstić information content (AvgIpc) is 2.43. The molecule has 0 aromatic heterocycles. The number of carbonyl (C=O) groups is 1. The van der Waals surface area contributed by atoms with Crippen LogP contribution in [-0.2, 0) is 11.4 Å². The van der Waals surface area contributed by atoms with Crippen LogP contribution in [0.5, 0.6) is 5.75 Å². The van der Waals surface area contributed by atoms with Crippen molar-refractivity contribution in [1.29, 1.82) is 0 Å². The highest BCUT2D eigenvalue weighted by Gasteiger charge is 2.15. The summed E-state index contributed by atoms with van der Waals surface area (Å²) < 4.78 is 5.32. The highest BCUT2D eigenvalue weighted by atomic mass is 16.6. The van der Waals surface area contributed by atoms with Crippen molar-refractivity contribution in [2.45, 2.75) is 26.5 Å². The molecule has 0 atom stereocenters. The molecular weight excluding hydrogens is 264 g/mol. The zero-order chi connectivity index (χ0) is 15.3. The summed E-state index contributed by atoms with van der Waals surface area (Å²) in [5.41, 5.74) is 0.145. The first-order valence-corrected chi connectivity index (χ1v) is 6.13. The van der Waals surface area contributed by atoms with E-state index in [0.717, 1.165) is 0 Å². The Morgan fingerprint density at radius 1 is 1.50 bits per heavy atom. The van der Waals surface area contributed by atoms with Crippen LogP contribution in [0.25, 0.3) is 0 Å². The summed E-state index contributed by atoms with van der Waals surface area (Å²) in [6.07, 6.45) is 0. The van der Waals surface area contributed by atoms with Gasteiger partial charge in [-0.1, -0.05) is 0 Å². The highest BCUT2D eigenvalue weighted by molar-refractivity contribution is 5.77. The number of aliphatic hydroxyl groups is 1. The molecule has 0 saturated carbocycles. The fourth-order valence-corrected chi connectivity index (χ4v) is 1.47. The number of non-ortho nitro benzene ring substituents is 1. The lowest BCUT2D eigenvalue weighted by molar-refractivity contribution is -0.385. The Labute approximate surface area is 116 Å². The summed E-state index contributed by atoms with van der Waals surface area (Å²) in [7, 11) is 1.67. The maximum atomic E-state index is 11.8. The van der Waals surface area contributed by atoms with E-state index in [-0.39, 0.29) is 35.6 Å². The van der Waals surface area contributed by atoms with Crippen molar-refractivity contribution < 1.29 is 19.6 Å². The summed E-state index contributed by atoms with van der Waals surface area (Å²) in [5, 5.41) is 19.8. The molecule has 110 valence electrons. The maximum Gasteiger partial charge on any atom is 0.270 e. The van der Waals surface area contributed by atoms with Crippen molar-refractivity contribution in [3.05, 3.63) is 33.9 Å². The molecule has 0 saturated heterocycles. The van der Waals surface area contributed by atoms with Crippen LogP contribution in [0.3, 0.4) is 0 Å². The normalized spacial score (nSPS) is 10.4. The lowest BCUT2D eigenvalue weighted by Gasteiger charge is -2.21. The van der Waals surface area contributed by atoms with Gasteiger partial charge in [0, 0.05) is 30.8 Å². The number of nitro groups is 1. The Morgan fingerprint density at radius 3 is 2.65 bits per heavy atom. The molecule has 0 aliphatic heterocycles. The zero-order valence-corrected chi connectivity index (χ0v) is 11.7. The number of benzene rings is 1. The number of likely N-dealkylation sites (N-methyl/N-ethyl adjacent to an activating group) is 1. The van der Waals surface area contributed by atoms with E-state index in [1.165, 1.54) is 23.1 Å². The van der Waals surface area contributed by atoms with E-state index in [0.29, 0.717) is 0 Å². The summed E-state index contributed by atoms with van der Waals surface area (Å²) >= 11 is 0. The van der Waals surface area contributed by atoms with Crippen LogP contribution < -0.4 is 4.74 Å². The average molecular weight is 282 g/mol. The van der Waals surface area contributed by atoms with Gasteiger partial charge in [0.15, 0.2) is 6.61 Å². The van der Waals surface area contributed by atoms with Crippen LogP contribution in [0.1, 0.15) is 19.4 Å². The van der Waals surface area contributed by atoms with Crippen molar-refractivity contribution in [3.63, 3.8) is 0 Å². The van der Waals surface area contributed by atoms with E-state index in [1.54, 1.807) is 7.05 Å². The lowest BCUT2D eigenvalue weighted by atomic mass is 10.2. The fourth-order valence-electron chi connectivity index (χ4n) is 1.47. The second-order valence-corrected chi connectivity index (χ2v) is 4.59. The van der Waals surface area contributed by atoms with E-state index in [4.69, 9.17) is 4.74 Å². The number of hydrogen-bond acceptors (Lipinski definition) is 5. The monoisotopic (exact) mass is 282 g/mol. The molecule has 0 aliphatic rings. The Kier molecular flexibility index (Phi) is 5.45. The molecule has 7 nitrogen and oxygen atoms in total. The molecule has 1 aromatic rings. The number of hydrogen-bond donors (Lipinski definition) is 1. The first kappa shape index (κ1) is 15.9. The van der Waals surface area contributed by atoms with Crippen molar-refractivity contribution in [2.24, 2.45) is 0 Å². The molecule has 1 N–H and O–H groups in total. The number of nitrogens with zero attached hydrogens (tertiary/aromatic N) is 2. The van der Waals surface area contributed by atoms with E-state index in [1.807, 2.05) is 13.8 Å². The van der Waals surface area contributed by atoms with E-state index >= 15 is 0 Å². The Hall–Kier alpha value is -2.15. The van der Waals surface area contributed by atoms with E-state index in [2.05, 4.69) is 0 Å². The SMILES string of the molecule is CC(C)N(C)C(=O)COc1ccc([N+](=O)[O-])cc1CO. The van der Waals surface area contributed by atoms with Crippen LogP contribution in [-0.4, -0.2) is 40.5 Å². The Morgan fingerprint density at radius 2 is 2.15 bits per heavy atom. The van der Waals surface area contributed by atoms with Crippen LogP contribution in [0.2, 0.25) is 0 Å². The van der Waals surface area contributed by atoms with Gasteiger partial charge in [0.25, 0.3) is 11.6 Å². The van der Waals surface area contributed by atoms with Crippen LogP contribution in [0.4, 0.5) is 5.69 Å². The van der Waals surface area contributed by atoms with Gasteiger partial charge in [-0.25, -0.2) is 0 Å². The maximum absolute atomic E-state index is 11.8. The molecule has 7 heteroatoms. The predicted molar refractivity (Wildman–Crippen MR) is 72.4 cm³/mol. The van der Waals surface area contributed by atoms with Crippen molar-refractivity contribution in [3.8, 4) is 5.75 Å². The quantitative estimate of drug-likeness (QED) is 0.627. The molecule has 1 aromatic carbocycles. The van der Waals surface area contributed by atoms with Crippen LogP contribution in [0.15, 0.2) is 18.2 Å². The number of carbonyl (C=O) groups excluding carboxylic acids is 1. The first-order chi connectivity index (χ1) is 9.36. The van der Waals surface area contributed by atoms with Crippen molar-refractivity contribution >= 4 is 11.6 Å². The smallest absolute Gasteiger partial charge is 0.270 e. The van der Waals surface area contributed by atoms with Gasteiger partial charge in [0.1, 0.15) is 5.75 Å². The van der Waals surface area contributed by atoms with Crippen LogP contribution in [0, 0.1) is 10.1 Å². The molecule has 0 bridgehead atoms. The molecule has 0 aliphatic carbocycles. The Balaban J connectivity index is 2.78. The minimum atomic E-state index is -0.555. The summed E-state index contributed by atoms with van der Waals surface area (Å²) in [4.78, 5) is 23.4. The van der Waals surface area contributed by atoms with Gasteiger partial charge < -0.3 is 14.7 Å². The molecule has 1 amide bonds. The molecule has 1 rings (SSSR count). The standard InChI is InChI=1S/C13H18N2O5/c1-9(2)14(3)13(17)8-20-12-5-4-11(15(18)19)6-10(12)7-16/h4-6,9,16H,7-8H2,1-3H3. The lowest BCUT2D eigenvalue weighted by Crippen LogP contribution is -2.36. The van der Waals surface area contributed by atoms with Crippen molar-refractivity contribution in [1.82, 2.24) is 4.90 Å². The molecule has 0 spiro atoms. The van der Waals surface area contributed by atoms with E-state index in [9.17, 15) is 20.0 Å². The molecule has 0 fully saturated rings. The minimum absolute atomic E-state index is 0.0558. The van der Waals surface area contributed by atoms with Gasteiger partial charge in [0.05, 0.1) is 11.5 Å². The fraction of sp³-hybridized carbons (Fsp3) is 0.462. The van der Waals surface area contributed by atoms with Crippen molar-refractivity contribution in [2.75, 3.05) is 13.7 Å². The predicted octanol–water partition coefficient (Wildman–Crippen LogP) is 1.33. The summed E-state index contributed by atoms with van der Waals surface area (Å²) in [6, 6.07) is 3.93. The van der Waals surface area contributed by atoms with E-state index < -0.39 is 11.5 Å². The first-order valence-electron chi connectivity index (χ1n) is 6.13. The van der Waals surface area contributed by atoms with Gasteiger partial charge >= 0.3 is 0 Å². The third kappa shape index (κ3) is 3.92. The molecule has 20 heavy (non-hydrogen) atoms. The van der Waals surface area contributed by atoms with Crippen LogP contribution >= 0.6 is 0 Å². The molecule has 0 heterocycles. The van der Waals surface area contributed by atoms with Gasteiger partial charge in [-0.2, -0.15) is 0 Å². The zero-order valence-electron chi connectivity index (χ0n) is 11.7. The Bertz CT molecular complexity index is 502. The highest BCUT2D eigenvalue weighted by Crippen LogP contribution is 2.24. The molecule has 0 radical (unpaired) electrons. The number of amides is 1. The third-order valence-electron chi connectivity index (χ3n) is 2.94. The van der Waals surface area contributed by atoms with Gasteiger partial charge in [-0.3, -0.25) is 14.9 Å². The number of aliphatic hydroxyl groups excluding tert-OH is 1. The van der Waals surface area contributed by atoms with Gasteiger partial charge in [-0.05, 0) is 19.9 Å². The summed E-state index contributed by atoms with van der Waals surface area (Å²) in [5.74, 6) is 0.0610. The summed E-state index contributed by atoms with van der Waals surface area (Å²) in [6.45, 7) is 3.18. The molecular formula is C13H18N2O5. The number of ether oxygens (including phenoxy) is 1. The van der Waals surface area contributed by atoms with Gasteiger partial charge in [-0.15, -0.1) is 0 Å². The molecule has 0 unspecified atom stereocenters. The third-order valence-corrected chi connectivity index (χ3v) is 2.94. The van der Waals surface area contributed by atoms with Gasteiger partial charge in [0.2, 0.25) is 0 Å². The second-order valence-electron chi connectivity index (χ2n) is 4.59. The topological polar surface area (TPSA) is 92.9 Å². The number of rotatable bonds is 6. The largest absolute Gasteiger partial charge is 0.483 e. The second kappa shape index (κ2) is 6.85. The number of nitro benzene ring substituents is 1.